The van der Waals surface area contributed by atoms with Gasteiger partial charge in [0.2, 0.25) is 0 Å². The van der Waals surface area contributed by atoms with Crippen LogP contribution in [0, 0.1) is 0 Å². The van der Waals surface area contributed by atoms with Crippen molar-refractivity contribution in [3.8, 4) is 16.8 Å². The van der Waals surface area contributed by atoms with Crippen molar-refractivity contribution >= 4 is 95.6 Å². The molecule has 3 aliphatic rings. The van der Waals surface area contributed by atoms with Crippen LogP contribution in [0.15, 0.2) is 149 Å². The molecule has 0 radical (unpaired) electrons. The Balaban J connectivity index is 1.12. The third-order valence-electron chi connectivity index (χ3n) is 14.6. The van der Waals surface area contributed by atoms with Gasteiger partial charge in [-0.2, -0.15) is 0 Å². The first-order valence-corrected chi connectivity index (χ1v) is 23.3. The van der Waals surface area contributed by atoms with Gasteiger partial charge in [-0.05, 0) is 122 Å². The smallest absolute Gasteiger partial charge is 0.198 e. The largest absolute Gasteiger partial charge is 0.456 e. The van der Waals surface area contributed by atoms with Gasteiger partial charge >= 0.3 is 0 Å². The minimum absolute atomic E-state index is 0.0510. The summed E-state index contributed by atoms with van der Waals surface area (Å²) >= 11 is 1.85. The summed E-state index contributed by atoms with van der Waals surface area (Å²) in [5.74, 6) is 0. The zero-order valence-electron chi connectivity index (χ0n) is 37.3. The van der Waals surface area contributed by atoms with Crippen LogP contribution in [0.2, 0.25) is 0 Å². The summed E-state index contributed by atoms with van der Waals surface area (Å²) in [5, 5.41) is 8.82. The third kappa shape index (κ3) is 5.96. The lowest BCUT2D eigenvalue weighted by molar-refractivity contribution is 0.332. The first kappa shape index (κ1) is 38.5. The van der Waals surface area contributed by atoms with E-state index in [2.05, 4.69) is 198 Å². The van der Waals surface area contributed by atoms with Crippen molar-refractivity contribution in [3.05, 3.63) is 168 Å². The second-order valence-electron chi connectivity index (χ2n) is 20.6. The number of anilines is 2. The number of para-hydroxylation sites is 1. The highest BCUT2D eigenvalue weighted by molar-refractivity contribution is 8.08. The Morgan fingerprint density at radius 3 is 2.17 bits per heavy atom. The van der Waals surface area contributed by atoms with Gasteiger partial charge in [-0.15, -0.1) is 0 Å². The first-order valence-electron chi connectivity index (χ1n) is 22.5. The number of hydrogen-bond donors (Lipinski definition) is 1. The number of aromatic nitrogens is 1. The molecule has 12 rings (SSSR count). The number of furan rings is 1. The highest BCUT2D eigenvalue weighted by Gasteiger charge is 2.39. The number of fused-ring (bicyclic) bond motifs is 10. The quantitative estimate of drug-likeness (QED) is 0.179. The maximum absolute atomic E-state index is 6.60. The Hall–Kier alpha value is -6.17. The maximum Gasteiger partial charge on any atom is 0.198 e. The monoisotopic (exact) mass is 834 g/mol. The maximum atomic E-state index is 6.60. The summed E-state index contributed by atoms with van der Waals surface area (Å²) in [6.45, 7) is 21.2. The molecule has 63 heavy (non-hydrogen) atoms. The van der Waals surface area contributed by atoms with E-state index >= 15 is 0 Å². The molecular formula is C58H51BN2OS. The number of thioether (sulfide) groups is 1. The fraction of sp³-hybridized carbons (Fsp3) is 0.207. The molecule has 0 saturated heterocycles. The van der Waals surface area contributed by atoms with Crippen LogP contribution in [-0.4, -0.2) is 11.8 Å². The van der Waals surface area contributed by atoms with Crippen molar-refractivity contribution < 1.29 is 4.42 Å². The molecule has 0 amide bonds. The topological polar surface area (TPSA) is 30.1 Å². The van der Waals surface area contributed by atoms with E-state index in [0.717, 1.165) is 59.0 Å². The van der Waals surface area contributed by atoms with Gasteiger partial charge in [0.1, 0.15) is 11.2 Å². The van der Waals surface area contributed by atoms with Crippen molar-refractivity contribution in [2.45, 2.75) is 82.4 Å². The molecule has 4 heterocycles. The van der Waals surface area contributed by atoms with Crippen LogP contribution in [0.25, 0.3) is 71.0 Å². The molecule has 0 unspecified atom stereocenters. The Labute approximate surface area is 375 Å². The van der Waals surface area contributed by atoms with Gasteiger partial charge in [0.25, 0.3) is 0 Å². The fourth-order valence-corrected chi connectivity index (χ4v) is 12.0. The average Bonchev–Trinajstić information content (AvgIpc) is 3.80. The van der Waals surface area contributed by atoms with Crippen molar-refractivity contribution in [3.63, 3.8) is 0 Å². The molecule has 1 aliphatic carbocycles. The predicted molar refractivity (Wildman–Crippen MR) is 273 cm³/mol. The summed E-state index contributed by atoms with van der Waals surface area (Å²) in [6, 6.07) is 47.6. The Morgan fingerprint density at radius 2 is 1.41 bits per heavy atom. The molecule has 0 atom stereocenters. The molecule has 2 aromatic heterocycles. The highest BCUT2D eigenvalue weighted by atomic mass is 32.2. The van der Waals surface area contributed by atoms with E-state index in [1.807, 2.05) is 11.8 Å². The van der Waals surface area contributed by atoms with E-state index in [9.17, 15) is 0 Å². The van der Waals surface area contributed by atoms with Crippen LogP contribution in [0.1, 0.15) is 89.1 Å². The van der Waals surface area contributed by atoms with Gasteiger partial charge in [-0.1, -0.05) is 151 Å². The molecule has 5 heteroatoms. The standard InChI is InChI=1S/C58H51BN2OS/c1-33-26-52(34-14-10-9-11-15-34)63-53-32-49-46(29-40(33)53)59-54-38(22-23-39-42-27-43-37-16-12-13-17-50(37)62-51(43)31-48(42)61(49)55(39)54)41-28-44-45(58(7,8)25-24-57(44,5)6)30-47(41)60-36-20-18-35(19-21-36)56(2,3)4/h9-23,26-32,59-60H,1,24-25H2,2-8H3. The van der Waals surface area contributed by atoms with Crippen LogP contribution >= 0.6 is 11.8 Å². The van der Waals surface area contributed by atoms with Crippen molar-refractivity contribution in [2.75, 3.05) is 5.32 Å². The average molecular weight is 835 g/mol. The van der Waals surface area contributed by atoms with Gasteiger partial charge in [0.15, 0.2) is 7.28 Å². The van der Waals surface area contributed by atoms with E-state index in [1.54, 1.807) is 0 Å². The summed E-state index contributed by atoms with van der Waals surface area (Å²) < 4.78 is 9.15. The van der Waals surface area contributed by atoms with Gasteiger partial charge in [0, 0.05) is 65.6 Å². The molecular weight excluding hydrogens is 784 g/mol. The molecule has 308 valence electrons. The summed E-state index contributed by atoms with van der Waals surface area (Å²) in [5.41, 5.74) is 20.9. The molecule has 0 bridgehead atoms. The lowest BCUT2D eigenvalue weighted by atomic mass is 9.58. The number of nitrogens with one attached hydrogen (secondary N) is 1. The summed E-state index contributed by atoms with van der Waals surface area (Å²) in [7, 11) is 0.809. The molecule has 1 N–H and O–H groups in total. The first-order chi connectivity index (χ1) is 30.2. The van der Waals surface area contributed by atoms with Gasteiger partial charge in [0.05, 0.1) is 5.52 Å². The van der Waals surface area contributed by atoms with E-state index in [4.69, 9.17) is 4.42 Å². The molecule has 0 spiro atoms. The predicted octanol–water partition coefficient (Wildman–Crippen LogP) is 14.6. The van der Waals surface area contributed by atoms with E-state index < -0.39 is 0 Å². The van der Waals surface area contributed by atoms with Crippen LogP contribution in [0.3, 0.4) is 0 Å². The Bertz CT molecular complexity index is 3460. The summed E-state index contributed by atoms with van der Waals surface area (Å²) in [6.07, 6.45) is 4.58. The van der Waals surface area contributed by atoms with Gasteiger partial charge in [-0.25, -0.2) is 0 Å². The lowest BCUT2D eigenvalue weighted by Crippen LogP contribution is -2.38. The molecule has 9 aromatic rings. The van der Waals surface area contributed by atoms with Crippen LogP contribution in [0.4, 0.5) is 11.4 Å². The minimum atomic E-state index is 0.0510. The highest BCUT2D eigenvalue weighted by Crippen LogP contribution is 2.51. The number of benzene rings is 7. The van der Waals surface area contributed by atoms with Crippen LogP contribution in [-0.2, 0) is 16.2 Å². The fourth-order valence-electron chi connectivity index (χ4n) is 10.8. The van der Waals surface area contributed by atoms with Crippen LogP contribution < -0.4 is 16.2 Å². The molecule has 3 nitrogen and oxygen atoms in total. The number of allylic oxidation sites excluding steroid dienone is 2. The number of hydrogen-bond acceptors (Lipinski definition) is 3. The Morgan fingerprint density at radius 1 is 0.683 bits per heavy atom. The molecule has 2 aliphatic heterocycles. The van der Waals surface area contributed by atoms with Crippen LogP contribution in [0.5, 0.6) is 0 Å². The zero-order valence-corrected chi connectivity index (χ0v) is 38.1. The van der Waals surface area contributed by atoms with E-state index in [1.165, 1.54) is 87.2 Å². The second-order valence-corrected chi connectivity index (χ2v) is 21.7. The second kappa shape index (κ2) is 13.4. The SMILES string of the molecule is C=C1C=C(c2ccccc2)Sc2cc3c(cc21)Bc1c(-c2cc4c(cc2Nc2ccc(C(C)(C)C)cc2)C(C)(C)CCC4(C)C)ccc2c4cc5c(cc4n-3c12)oc1ccccc15. The van der Waals surface area contributed by atoms with Crippen molar-refractivity contribution in [1.82, 2.24) is 4.57 Å². The zero-order chi connectivity index (χ0) is 43.2. The van der Waals surface area contributed by atoms with E-state index in [0.29, 0.717) is 0 Å². The molecule has 7 aromatic carbocycles. The third-order valence-corrected chi connectivity index (χ3v) is 15.7. The number of rotatable bonds is 4. The molecule has 0 saturated carbocycles. The van der Waals surface area contributed by atoms with Gasteiger partial charge < -0.3 is 14.3 Å². The van der Waals surface area contributed by atoms with E-state index in [-0.39, 0.29) is 16.2 Å². The number of nitrogens with zero attached hydrogens (tertiary/aromatic N) is 1. The minimum Gasteiger partial charge on any atom is -0.456 e. The Kier molecular flexibility index (Phi) is 8.20. The molecule has 0 fully saturated rings. The van der Waals surface area contributed by atoms with Gasteiger partial charge in [-0.3, -0.25) is 0 Å². The lowest BCUT2D eigenvalue weighted by Gasteiger charge is -2.42. The normalized spacial score (nSPS) is 16.2. The van der Waals surface area contributed by atoms with Crippen molar-refractivity contribution in [2.24, 2.45) is 0 Å². The summed E-state index contributed by atoms with van der Waals surface area (Å²) in [4.78, 5) is 2.47. The van der Waals surface area contributed by atoms with Crippen molar-refractivity contribution in [1.29, 1.82) is 0 Å².